The van der Waals surface area contributed by atoms with Crippen molar-refractivity contribution in [2.75, 3.05) is 5.75 Å². The van der Waals surface area contributed by atoms with Crippen LogP contribution in [0.15, 0.2) is 34.2 Å². The van der Waals surface area contributed by atoms with Gasteiger partial charge >= 0.3 is 0 Å². The van der Waals surface area contributed by atoms with E-state index in [1.54, 1.807) is 0 Å². The Labute approximate surface area is 152 Å². The molecule has 1 saturated carbocycles. The fourth-order valence-electron chi connectivity index (χ4n) is 3.68. The van der Waals surface area contributed by atoms with E-state index < -0.39 is 0 Å². The number of thioether (sulfide) groups is 1. The van der Waals surface area contributed by atoms with Crippen molar-refractivity contribution in [2.45, 2.75) is 50.7 Å². The molecule has 0 aliphatic heterocycles. The van der Waals surface area contributed by atoms with E-state index in [0.29, 0.717) is 33.6 Å². The third kappa shape index (κ3) is 3.73. The van der Waals surface area contributed by atoms with E-state index in [-0.39, 0.29) is 23.9 Å². The predicted octanol–water partition coefficient (Wildman–Crippen LogP) is 3.36. The standard InChI is InChI=1S/C19H25N3O2S/c1-12-6-5-9-16(13(12)2)22-18(24)14-7-3-4-8-15(14)21-19(22)25-11-10-17(20)23/h3-4,7-8,12-13,16H,5-6,9-11H2,1-2H3,(H2,20,23)/t12-,13-,16+/m1/s1. The average molecular weight is 359 g/mol. The maximum atomic E-state index is 13.2. The second-order valence-electron chi connectivity index (χ2n) is 6.99. The fraction of sp³-hybridized carbons (Fsp3) is 0.526. The van der Waals surface area contributed by atoms with Gasteiger partial charge in [-0.15, -0.1) is 0 Å². The number of amides is 1. The Morgan fingerprint density at radius 1 is 1.32 bits per heavy atom. The molecule has 1 aromatic heterocycles. The zero-order valence-electron chi connectivity index (χ0n) is 14.8. The lowest BCUT2D eigenvalue weighted by Gasteiger charge is -2.36. The highest BCUT2D eigenvalue weighted by Gasteiger charge is 2.31. The summed E-state index contributed by atoms with van der Waals surface area (Å²) in [6.45, 7) is 4.49. The zero-order chi connectivity index (χ0) is 18.0. The van der Waals surface area contributed by atoms with E-state index >= 15 is 0 Å². The predicted molar refractivity (Wildman–Crippen MR) is 102 cm³/mol. The van der Waals surface area contributed by atoms with Crippen LogP contribution in [0.25, 0.3) is 10.9 Å². The Morgan fingerprint density at radius 2 is 2.08 bits per heavy atom. The van der Waals surface area contributed by atoms with Gasteiger partial charge in [0.2, 0.25) is 5.91 Å². The minimum atomic E-state index is -0.332. The largest absolute Gasteiger partial charge is 0.370 e. The minimum Gasteiger partial charge on any atom is -0.370 e. The van der Waals surface area contributed by atoms with E-state index in [1.165, 1.54) is 18.2 Å². The van der Waals surface area contributed by atoms with E-state index in [0.717, 1.165) is 12.8 Å². The first kappa shape index (κ1) is 18.0. The summed E-state index contributed by atoms with van der Waals surface area (Å²) in [6.07, 6.45) is 3.61. The molecule has 6 heteroatoms. The smallest absolute Gasteiger partial charge is 0.262 e. The summed E-state index contributed by atoms with van der Waals surface area (Å²) >= 11 is 1.45. The average Bonchev–Trinajstić information content (AvgIpc) is 2.58. The first-order chi connectivity index (χ1) is 12.0. The Hall–Kier alpha value is -1.82. The van der Waals surface area contributed by atoms with Crippen molar-refractivity contribution >= 4 is 28.6 Å². The number of hydrogen-bond acceptors (Lipinski definition) is 4. The number of hydrogen-bond donors (Lipinski definition) is 1. The molecule has 1 aromatic carbocycles. The highest BCUT2D eigenvalue weighted by Crippen LogP contribution is 2.38. The summed E-state index contributed by atoms with van der Waals surface area (Å²) in [4.78, 5) is 29.0. The molecule has 1 amide bonds. The highest BCUT2D eigenvalue weighted by molar-refractivity contribution is 7.99. The number of carbonyl (C=O) groups is 1. The van der Waals surface area contributed by atoms with Crippen molar-refractivity contribution in [2.24, 2.45) is 17.6 Å². The van der Waals surface area contributed by atoms with Crippen LogP contribution < -0.4 is 11.3 Å². The third-order valence-electron chi connectivity index (χ3n) is 5.35. The van der Waals surface area contributed by atoms with Crippen LogP contribution in [0.1, 0.15) is 45.6 Å². The van der Waals surface area contributed by atoms with Crippen molar-refractivity contribution in [3.05, 3.63) is 34.6 Å². The van der Waals surface area contributed by atoms with Gasteiger partial charge in [0.1, 0.15) is 0 Å². The van der Waals surface area contributed by atoms with Gasteiger partial charge in [0.25, 0.3) is 5.56 Å². The normalized spacial score (nSPS) is 23.7. The van der Waals surface area contributed by atoms with Gasteiger partial charge in [-0.25, -0.2) is 4.98 Å². The molecule has 3 rings (SSSR count). The number of rotatable bonds is 5. The van der Waals surface area contributed by atoms with Crippen LogP contribution in [-0.2, 0) is 4.79 Å². The molecule has 25 heavy (non-hydrogen) atoms. The molecular formula is C19H25N3O2S. The molecule has 0 saturated heterocycles. The topological polar surface area (TPSA) is 78.0 Å². The number of para-hydroxylation sites is 1. The first-order valence-corrected chi connectivity index (χ1v) is 9.90. The second-order valence-corrected chi connectivity index (χ2v) is 8.05. The van der Waals surface area contributed by atoms with Gasteiger partial charge in [0.05, 0.1) is 10.9 Å². The number of aromatic nitrogens is 2. The van der Waals surface area contributed by atoms with Gasteiger partial charge in [0.15, 0.2) is 5.16 Å². The lowest BCUT2D eigenvalue weighted by Crippen LogP contribution is -2.35. The molecule has 1 heterocycles. The zero-order valence-corrected chi connectivity index (χ0v) is 15.6. The molecule has 0 radical (unpaired) electrons. The highest BCUT2D eigenvalue weighted by atomic mass is 32.2. The monoisotopic (exact) mass is 359 g/mol. The summed E-state index contributed by atoms with van der Waals surface area (Å²) in [6, 6.07) is 7.64. The fourth-order valence-corrected chi connectivity index (χ4v) is 4.69. The molecule has 5 nitrogen and oxygen atoms in total. The SMILES string of the molecule is C[C@@H]1[C@H](C)CCC[C@@H]1n1c(SCCC(N)=O)nc2ccccc2c1=O. The lowest BCUT2D eigenvalue weighted by atomic mass is 9.78. The van der Waals surface area contributed by atoms with Crippen LogP contribution in [0.3, 0.4) is 0 Å². The van der Waals surface area contributed by atoms with Gasteiger partial charge in [-0.3, -0.25) is 14.2 Å². The molecule has 134 valence electrons. The van der Waals surface area contributed by atoms with Gasteiger partial charge in [-0.2, -0.15) is 0 Å². The Bertz CT molecular complexity index is 833. The number of nitrogens with two attached hydrogens (primary N) is 1. The lowest BCUT2D eigenvalue weighted by molar-refractivity contribution is -0.117. The maximum Gasteiger partial charge on any atom is 0.262 e. The van der Waals surface area contributed by atoms with Gasteiger partial charge in [-0.05, 0) is 30.4 Å². The van der Waals surface area contributed by atoms with Crippen LogP contribution in [-0.4, -0.2) is 21.2 Å². The Kier molecular flexibility index (Phi) is 5.47. The van der Waals surface area contributed by atoms with E-state index in [4.69, 9.17) is 10.7 Å². The third-order valence-corrected chi connectivity index (χ3v) is 6.30. The van der Waals surface area contributed by atoms with Gasteiger partial charge in [-0.1, -0.05) is 50.6 Å². The van der Waals surface area contributed by atoms with Crippen LogP contribution in [0.4, 0.5) is 0 Å². The van der Waals surface area contributed by atoms with Crippen molar-refractivity contribution < 1.29 is 4.79 Å². The van der Waals surface area contributed by atoms with Crippen molar-refractivity contribution in [3.63, 3.8) is 0 Å². The number of fused-ring (bicyclic) bond motifs is 1. The number of benzene rings is 1. The molecule has 3 atom stereocenters. The van der Waals surface area contributed by atoms with E-state index in [9.17, 15) is 9.59 Å². The van der Waals surface area contributed by atoms with Crippen LogP contribution in [0.2, 0.25) is 0 Å². The van der Waals surface area contributed by atoms with E-state index in [2.05, 4.69) is 13.8 Å². The van der Waals surface area contributed by atoms with Crippen molar-refractivity contribution in [1.82, 2.24) is 9.55 Å². The second kappa shape index (κ2) is 7.60. The van der Waals surface area contributed by atoms with Crippen molar-refractivity contribution in [1.29, 1.82) is 0 Å². The van der Waals surface area contributed by atoms with Crippen LogP contribution >= 0.6 is 11.8 Å². The van der Waals surface area contributed by atoms with Gasteiger partial charge in [0, 0.05) is 18.2 Å². The number of primary amides is 1. The first-order valence-electron chi connectivity index (χ1n) is 8.91. The molecule has 2 aromatic rings. The summed E-state index contributed by atoms with van der Waals surface area (Å²) < 4.78 is 1.88. The number of nitrogens with zero attached hydrogens (tertiary/aromatic N) is 2. The quantitative estimate of drug-likeness (QED) is 0.656. The Morgan fingerprint density at radius 3 is 2.84 bits per heavy atom. The summed E-state index contributed by atoms with van der Waals surface area (Å²) in [7, 11) is 0. The van der Waals surface area contributed by atoms with Gasteiger partial charge < -0.3 is 5.73 Å². The van der Waals surface area contributed by atoms with E-state index in [1.807, 2.05) is 28.8 Å². The summed E-state index contributed by atoms with van der Waals surface area (Å²) in [5, 5.41) is 1.36. The maximum absolute atomic E-state index is 13.2. The molecule has 0 bridgehead atoms. The summed E-state index contributed by atoms with van der Waals surface area (Å²) in [5.41, 5.74) is 5.99. The molecular weight excluding hydrogens is 334 g/mol. The molecule has 1 aliphatic rings. The Balaban J connectivity index is 2.08. The van der Waals surface area contributed by atoms with Crippen LogP contribution in [0, 0.1) is 11.8 Å². The van der Waals surface area contributed by atoms with Crippen molar-refractivity contribution in [3.8, 4) is 0 Å². The number of carbonyl (C=O) groups excluding carboxylic acids is 1. The molecule has 1 aliphatic carbocycles. The minimum absolute atomic E-state index is 0.0260. The molecule has 1 fully saturated rings. The summed E-state index contributed by atoms with van der Waals surface area (Å²) in [5.74, 6) is 1.21. The molecule has 0 spiro atoms. The molecule has 2 N–H and O–H groups in total. The van der Waals surface area contributed by atoms with Crippen LogP contribution in [0.5, 0.6) is 0 Å². The molecule has 0 unspecified atom stereocenters.